The first-order chi connectivity index (χ1) is 7.27. The van der Waals surface area contributed by atoms with Gasteiger partial charge in [-0.25, -0.2) is 0 Å². The van der Waals surface area contributed by atoms with E-state index in [1.165, 1.54) is 7.11 Å². The van der Waals surface area contributed by atoms with Crippen molar-refractivity contribution in [1.29, 1.82) is 0 Å². The minimum atomic E-state index is -0.166. The van der Waals surface area contributed by atoms with E-state index in [9.17, 15) is 4.79 Å². The van der Waals surface area contributed by atoms with E-state index in [1.807, 2.05) is 0 Å². The summed E-state index contributed by atoms with van der Waals surface area (Å²) < 4.78 is 10.0. The van der Waals surface area contributed by atoms with Gasteiger partial charge in [0.15, 0.2) is 0 Å². The second-order valence-electron chi connectivity index (χ2n) is 3.45. The lowest BCUT2D eigenvalue weighted by atomic mass is 10.1. The van der Waals surface area contributed by atoms with Gasteiger partial charge < -0.3 is 14.8 Å². The van der Waals surface area contributed by atoms with Crippen molar-refractivity contribution in [1.82, 2.24) is 5.32 Å². The molecular formula is C10H19NO3S. The number of hydrogen-bond acceptors (Lipinski definition) is 5. The summed E-state index contributed by atoms with van der Waals surface area (Å²) in [5.41, 5.74) is 0. The molecule has 1 rings (SSSR count). The number of ether oxygens (including phenoxy) is 2. The molecule has 1 heterocycles. The predicted molar refractivity (Wildman–Crippen MR) is 61.2 cm³/mol. The first kappa shape index (κ1) is 12.8. The monoisotopic (exact) mass is 233 g/mol. The maximum atomic E-state index is 11.0. The quantitative estimate of drug-likeness (QED) is 0.707. The highest BCUT2D eigenvalue weighted by Crippen LogP contribution is 2.21. The molecule has 0 aromatic carbocycles. The molecule has 1 aliphatic heterocycles. The van der Waals surface area contributed by atoms with Gasteiger partial charge in [-0.3, -0.25) is 4.79 Å². The normalized spacial score (nSPS) is 26.3. The van der Waals surface area contributed by atoms with Crippen LogP contribution in [0.4, 0.5) is 0 Å². The van der Waals surface area contributed by atoms with Crippen LogP contribution in [-0.4, -0.2) is 49.9 Å². The third-order valence-electron chi connectivity index (χ3n) is 2.41. The van der Waals surface area contributed by atoms with Crippen molar-refractivity contribution >= 4 is 17.7 Å². The lowest BCUT2D eigenvalue weighted by molar-refractivity contribution is -0.137. The van der Waals surface area contributed by atoms with Gasteiger partial charge in [0.1, 0.15) is 0 Å². The average Bonchev–Trinajstić information content (AvgIpc) is 2.28. The van der Waals surface area contributed by atoms with Crippen LogP contribution in [0.25, 0.3) is 0 Å². The number of thioether (sulfide) groups is 1. The van der Waals surface area contributed by atoms with Crippen LogP contribution in [0.15, 0.2) is 0 Å². The zero-order valence-electron chi connectivity index (χ0n) is 9.32. The first-order valence-corrected chi connectivity index (χ1v) is 6.32. The van der Waals surface area contributed by atoms with Crippen LogP contribution in [0, 0.1) is 0 Å². The molecule has 0 spiro atoms. The van der Waals surface area contributed by atoms with Crippen LogP contribution >= 0.6 is 11.8 Å². The largest absolute Gasteiger partial charge is 0.468 e. The molecule has 1 saturated heterocycles. The number of carbonyl (C=O) groups is 1. The molecule has 1 aliphatic rings. The molecule has 2 atom stereocenters. The number of carbonyl (C=O) groups excluding carboxylic acids is 1. The van der Waals surface area contributed by atoms with Crippen molar-refractivity contribution in [2.75, 3.05) is 32.6 Å². The summed E-state index contributed by atoms with van der Waals surface area (Å²) in [5, 5.41) is 3.78. The molecule has 0 aromatic heterocycles. The standard InChI is InChI=1S/C10H19NO3S/c1-3-11-8-4-5-14-6-9(8)15-7-10(12)13-2/h8-9,11H,3-7H2,1-2H3. The number of esters is 1. The molecule has 88 valence electrons. The summed E-state index contributed by atoms with van der Waals surface area (Å²) >= 11 is 1.62. The molecule has 15 heavy (non-hydrogen) atoms. The highest BCUT2D eigenvalue weighted by Gasteiger charge is 2.25. The third-order valence-corrected chi connectivity index (χ3v) is 3.71. The fourth-order valence-electron chi connectivity index (χ4n) is 1.61. The summed E-state index contributed by atoms with van der Waals surface area (Å²) in [5.74, 6) is 0.243. The molecule has 1 fully saturated rings. The maximum absolute atomic E-state index is 11.0. The van der Waals surface area contributed by atoms with E-state index < -0.39 is 0 Å². The van der Waals surface area contributed by atoms with Crippen LogP contribution in [0.3, 0.4) is 0 Å². The van der Waals surface area contributed by atoms with E-state index in [4.69, 9.17) is 4.74 Å². The molecule has 0 amide bonds. The van der Waals surface area contributed by atoms with Crippen LogP contribution in [0.2, 0.25) is 0 Å². The SMILES string of the molecule is CCNC1CCOCC1SCC(=O)OC. The van der Waals surface area contributed by atoms with Gasteiger partial charge in [0, 0.05) is 17.9 Å². The van der Waals surface area contributed by atoms with Crippen molar-refractivity contribution in [2.24, 2.45) is 0 Å². The zero-order chi connectivity index (χ0) is 11.1. The van der Waals surface area contributed by atoms with E-state index in [2.05, 4.69) is 17.0 Å². The Morgan fingerprint density at radius 1 is 1.67 bits per heavy atom. The van der Waals surface area contributed by atoms with Crippen LogP contribution in [-0.2, 0) is 14.3 Å². The van der Waals surface area contributed by atoms with Gasteiger partial charge in [0.05, 0.1) is 19.5 Å². The Hall–Kier alpha value is -0.260. The third kappa shape index (κ3) is 4.40. The highest BCUT2D eigenvalue weighted by molar-refractivity contribution is 8.00. The summed E-state index contributed by atoms with van der Waals surface area (Å²) in [4.78, 5) is 11.0. The van der Waals surface area contributed by atoms with Gasteiger partial charge in [0.25, 0.3) is 0 Å². The lowest BCUT2D eigenvalue weighted by Gasteiger charge is -2.31. The Balaban J connectivity index is 2.32. The van der Waals surface area contributed by atoms with Crippen molar-refractivity contribution in [2.45, 2.75) is 24.6 Å². The average molecular weight is 233 g/mol. The first-order valence-electron chi connectivity index (χ1n) is 5.27. The minimum Gasteiger partial charge on any atom is -0.468 e. The predicted octanol–water partition coefficient (Wildman–Crippen LogP) is 0.660. The van der Waals surface area contributed by atoms with Crippen molar-refractivity contribution in [3.05, 3.63) is 0 Å². The fraction of sp³-hybridized carbons (Fsp3) is 0.900. The van der Waals surface area contributed by atoms with Gasteiger partial charge >= 0.3 is 5.97 Å². The fourth-order valence-corrected chi connectivity index (χ4v) is 2.73. The molecule has 5 heteroatoms. The van der Waals surface area contributed by atoms with Crippen LogP contribution in [0.5, 0.6) is 0 Å². The van der Waals surface area contributed by atoms with Gasteiger partial charge in [-0.05, 0) is 13.0 Å². The van der Waals surface area contributed by atoms with Crippen molar-refractivity contribution in [3.8, 4) is 0 Å². The molecule has 4 nitrogen and oxygen atoms in total. The molecular weight excluding hydrogens is 214 g/mol. The summed E-state index contributed by atoms with van der Waals surface area (Å²) in [6, 6.07) is 0.457. The molecule has 0 radical (unpaired) electrons. The van der Waals surface area contributed by atoms with E-state index in [-0.39, 0.29) is 5.97 Å². The van der Waals surface area contributed by atoms with E-state index in [0.29, 0.717) is 17.0 Å². The number of methoxy groups -OCH3 is 1. The van der Waals surface area contributed by atoms with Crippen molar-refractivity contribution in [3.63, 3.8) is 0 Å². The Morgan fingerprint density at radius 3 is 3.13 bits per heavy atom. The minimum absolute atomic E-state index is 0.166. The van der Waals surface area contributed by atoms with Crippen molar-refractivity contribution < 1.29 is 14.3 Å². The van der Waals surface area contributed by atoms with Gasteiger partial charge in [-0.15, -0.1) is 11.8 Å². The lowest BCUT2D eigenvalue weighted by Crippen LogP contribution is -2.45. The maximum Gasteiger partial charge on any atom is 0.315 e. The van der Waals surface area contributed by atoms with Crippen LogP contribution in [0.1, 0.15) is 13.3 Å². The molecule has 2 unspecified atom stereocenters. The van der Waals surface area contributed by atoms with E-state index in [0.717, 1.165) is 26.2 Å². The smallest absolute Gasteiger partial charge is 0.315 e. The second kappa shape index (κ2) is 7.09. The Bertz CT molecular complexity index is 199. The van der Waals surface area contributed by atoms with E-state index in [1.54, 1.807) is 11.8 Å². The summed E-state index contributed by atoms with van der Waals surface area (Å²) in [6.07, 6.45) is 1.02. The molecule has 0 bridgehead atoms. The molecule has 0 aliphatic carbocycles. The molecule has 1 N–H and O–H groups in total. The topological polar surface area (TPSA) is 47.6 Å². The molecule has 0 saturated carbocycles. The van der Waals surface area contributed by atoms with Crippen LogP contribution < -0.4 is 5.32 Å². The van der Waals surface area contributed by atoms with Gasteiger partial charge in [-0.2, -0.15) is 0 Å². The Labute approximate surface area is 95.1 Å². The molecule has 0 aromatic rings. The van der Waals surface area contributed by atoms with Gasteiger partial charge in [-0.1, -0.05) is 6.92 Å². The highest BCUT2D eigenvalue weighted by atomic mass is 32.2. The second-order valence-corrected chi connectivity index (χ2v) is 4.68. The number of hydrogen-bond donors (Lipinski definition) is 1. The summed E-state index contributed by atoms with van der Waals surface area (Å²) in [7, 11) is 1.42. The zero-order valence-corrected chi connectivity index (χ0v) is 10.1. The Kier molecular flexibility index (Phi) is 6.05. The number of nitrogens with one attached hydrogen (secondary N) is 1. The Morgan fingerprint density at radius 2 is 2.47 bits per heavy atom. The summed E-state index contributed by atoms with van der Waals surface area (Å²) in [6.45, 7) is 4.59. The number of rotatable bonds is 5. The van der Waals surface area contributed by atoms with Gasteiger partial charge in [0.2, 0.25) is 0 Å². The van der Waals surface area contributed by atoms with E-state index >= 15 is 0 Å².